The molecule has 6 rings (SSSR count). The molecule has 0 radical (unpaired) electrons. The number of hydrogen-bond acceptors (Lipinski definition) is 12. The van der Waals surface area contributed by atoms with E-state index in [0.717, 1.165) is 10.9 Å². The second-order valence-electron chi connectivity index (χ2n) is 18.6. The van der Waals surface area contributed by atoms with E-state index in [0.29, 0.717) is 29.7 Å². The number of fused-ring (bicyclic) bond motifs is 1. The highest BCUT2D eigenvalue weighted by Crippen LogP contribution is 2.25. The number of hydrogen-bond donors (Lipinski definition) is 11. The average Bonchev–Trinajstić information content (AvgIpc) is 4.20. The van der Waals surface area contributed by atoms with Crippen LogP contribution in [0.25, 0.3) is 10.9 Å². The molecule has 0 bridgehead atoms. The zero-order valence-electron chi connectivity index (χ0n) is 40.0. The lowest BCUT2D eigenvalue weighted by atomic mass is 10.0. The topological polar surface area (TPSA) is 314 Å². The van der Waals surface area contributed by atoms with Gasteiger partial charge in [0.15, 0.2) is 0 Å². The average molecular weight is 1000 g/mol. The number of amides is 7. The number of carboxylic acid groups (broad SMARTS) is 1. The predicted molar refractivity (Wildman–Crippen MR) is 264 cm³/mol. The molecule has 2 aromatic carbocycles. The number of para-hydroxylation sites is 1. The van der Waals surface area contributed by atoms with Crippen molar-refractivity contribution >= 4 is 70.9 Å². The zero-order chi connectivity index (χ0) is 51.4. The van der Waals surface area contributed by atoms with E-state index in [-0.39, 0.29) is 63.3 Å². The van der Waals surface area contributed by atoms with Crippen LogP contribution in [-0.2, 0) is 57.6 Å². The van der Waals surface area contributed by atoms with Gasteiger partial charge in [-0.05, 0) is 62.1 Å². The highest BCUT2D eigenvalue weighted by atomic mass is 32.1. The third-order valence-electron chi connectivity index (χ3n) is 12.9. The molecule has 0 unspecified atom stereocenters. The minimum atomic E-state index is -1.35. The molecule has 21 nitrogen and oxygen atoms in total. The Bertz CT molecular complexity index is 2500. The van der Waals surface area contributed by atoms with Crippen molar-refractivity contribution in [1.29, 1.82) is 0 Å². The van der Waals surface area contributed by atoms with E-state index in [9.17, 15) is 48.6 Å². The smallest absolute Gasteiger partial charge is 0.327 e. The van der Waals surface area contributed by atoms with Crippen LogP contribution in [-0.4, -0.2) is 156 Å². The number of carboxylic acids is 1. The number of aromatic amines is 2. The third kappa shape index (κ3) is 14.0. The fraction of sp³-hybridized carbons (Fsp3) is 0.490. The first-order chi connectivity index (χ1) is 33.9. The summed E-state index contributed by atoms with van der Waals surface area (Å²) in [5, 5.41) is 34.0. The van der Waals surface area contributed by atoms with Crippen molar-refractivity contribution in [3.8, 4) is 0 Å². The van der Waals surface area contributed by atoms with Gasteiger partial charge in [-0.25, -0.2) is 9.78 Å². The summed E-state index contributed by atoms with van der Waals surface area (Å²) in [5.74, 6) is -6.16. The number of H-pyrrole nitrogens is 2. The van der Waals surface area contributed by atoms with Crippen LogP contribution in [0.5, 0.6) is 0 Å². The summed E-state index contributed by atoms with van der Waals surface area (Å²) in [4.78, 5) is 124. The van der Waals surface area contributed by atoms with E-state index in [1.165, 1.54) is 29.2 Å². The van der Waals surface area contributed by atoms with E-state index >= 15 is 0 Å². The fourth-order valence-electron chi connectivity index (χ4n) is 9.06. The molecule has 0 saturated carbocycles. The van der Waals surface area contributed by atoms with E-state index in [4.69, 9.17) is 5.73 Å². The molecule has 4 aromatic rings. The Labute approximate surface area is 416 Å². The van der Waals surface area contributed by atoms with Crippen LogP contribution in [0, 0.1) is 5.92 Å². The van der Waals surface area contributed by atoms with E-state index in [1.54, 1.807) is 36.5 Å². The number of likely N-dealkylation sites (tertiary alicyclic amines) is 2. The number of imidazole rings is 1. The van der Waals surface area contributed by atoms with Gasteiger partial charge in [-0.3, -0.25) is 33.6 Å². The van der Waals surface area contributed by atoms with Crippen molar-refractivity contribution in [2.75, 3.05) is 18.8 Å². The lowest BCUT2D eigenvalue weighted by Gasteiger charge is -2.32. The summed E-state index contributed by atoms with van der Waals surface area (Å²) >= 11 is 4.07. The van der Waals surface area contributed by atoms with Crippen LogP contribution in [0.4, 0.5) is 0 Å². The quantitative estimate of drug-likeness (QED) is 0.0441. The number of benzene rings is 2. The number of nitrogens with zero attached hydrogens (tertiary/aromatic N) is 3. The summed E-state index contributed by atoms with van der Waals surface area (Å²) in [6.07, 6.45) is 4.98. The first-order valence-corrected chi connectivity index (χ1v) is 24.5. The Morgan fingerprint density at radius 1 is 0.718 bits per heavy atom. The zero-order valence-corrected chi connectivity index (χ0v) is 40.9. The molecule has 2 aliphatic rings. The number of nitrogens with one attached hydrogen (secondary N) is 7. The van der Waals surface area contributed by atoms with Crippen molar-refractivity contribution in [1.82, 2.24) is 51.3 Å². The predicted octanol–water partition coefficient (Wildman–Crippen LogP) is 0.0935. The lowest BCUT2D eigenvalue weighted by molar-refractivity contribution is -0.145. The maximum atomic E-state index is 14.8. The Balaban J connectivity index is 1.23. The molecule has 4 heterocycles. The second-order valence-corrected chi connectivity index (χ2v) is 19.0. The molecular formula is C49H65N11O10S. The summed E-state index contributed by atoms with van der Waals surface area (Å²) in [5.41, 5.74) is 8.51. The molecule has 9 atom stereocenters. The van der Waals surface area contributed by atoms with Gasteiger partial charge < -0.3 is 62.3 Å². The molecule has 2 fully saturated rings. The van der Waals surface area contributed by atoms with Crippen LogP contribution in [0.3, 0.4) is 0 Å². The fourth-order valence-corrected chi connectivity index (χ4v) is 9.30. The molecule has 7 amide bonds. The lowest BCUT2D eigenvalue weighted by Crippen LogP contribution is -2.60. The molecule has 382 valence electrons. The summed E-state index contributed by atoms with van der Waals surface area (Å²) in [7, 11) is 0. The molecule has 0 spiro atoms. The van der Waals surface area contributed by atoms with Crippen molar-refractivity contribution in [2.24, 2.45) is 11.7 Å². The molecule has 22 heteroatoms. The van der Waals surface area contributed by atoms with E-state index in [1.807, 2.05) is 38.1 Å². The highest BCUT2D eigenvalue weighted by molar-refractivity contribution is 7.80. The standard InChI is InChI=1S/C49H65N11O10S/c1-27(2)19-36(57-46(66)41(50)28(3)61)47(67)59-17-10-16-40(59)45(65)56-37(22-31-24-51-26-53-31)48(68)60-18-9-15-39(60)44(64)55-35(21-30-23-52-33-14-8-7-13-32(30)33)43(63)54-34(20-29-11-5-4-6-12-29)42(62)58-38(25-71)49(69)70/h4-8,11-14,23-24,26-28,34-41,52,61,71H,9-10,15-22,25,50H2,1-3H3,(H,51,53)(H,54,63)(H,55,64)(H,56,65)(H,57,66)(H,58,62)(H,69,70)/t28-,34+,35+,36+,37+,38+,39+,40+,41+/m1/s1. The van der Waals surface area contributed by atoms with Gasteiger partial charge in [-0.1, -0.05) is 62.4 Å². The number of carbonyl (C=O) groups excluding carboxylic acids is 7. The Hall–Kier alpha value is -6.78. The van der Waals surface area contributed by atoms with E-state index < -0.39 is 102 Å². The maximum Gasteiger partial charge on any atom is 0.327 e. The van der Waals surface area contributed by atoms with Gasteiger partial charge >= 0.3 is 5.97 Å². The van der Waals surface area contributed by atoms with Gasteiger partial charge in [0.05, 0.1) is 12.4 Å². The normalized spacial score (nSPS) is 18.7. The number of rotatable bonds is 23. The Morgan fingerprint density at radius 3 is 1.86 bits per heavy atom. The first kappa shape index (κ1) is 53.6. The van der Waals surface area contributed by atoms with Gasteiger partial charge in [-0.15, -0.1) is 0 Å². The van der Waals surface area contributed by atoms with Gasteiger partial charge in [0.2, 0.25) is 41.4 Å². The van der Waals surface area contributed by atoms with Gasteiger partial charge in [0.25, 0.3) is 0 Å². The largest absolute Gasteiger partial charge is 0.480 e. The number of thiol groups is 1. The van der Waals surface area contributed by atoms with E-state index in [2.05, 4.69) is 54.2 Å². The molecule has 0 aliphatic carbocycles. The van der Waals surface area contributed by atoms with Crippen LogP contribution in [0.2, 0.25) is 0 Å². The minimum absolute atomic E-state index is 0.0139. The minimum Gasteiger partial charge on any atom is -0.480 e. The highest BCUT2D eigenvalue weighted by Gasteiger charge is 2.43. The number of aliphatic hydroxyl groups excluding tert-OH is 1. The van der Waals surface area contributed by atoms with Crippen LogP contribution in [0.1, 0.15) is 69.7 Å². The van der Waals surface area contributed by atoms with Crippen molar-refractivity contribution in [3.63, 3.8) is 0 Å². The molecule has 2 saturated heterocycles. The van der Waals surface area contributed by atoms with Crippen LogP contribution in [0.15, 0.2) is 73.3 Å². The summed E-state index contributed by atoms with van der Waals surface area (Å²) in [6.45, 7) is 5.46. The number of aromatic nitrogens is 3. The number of aliphatic carboxylic acids is 1. The number of carbonyl (C=O) groups is 8. The van der Waals surface area contributed by atoms with Gasteiger partial charge in [0, 0.05) is 67.1 Å². The van der Waals surface area contributed by atoms with Crippen molar-refractivity contribution in [3.05, 3.63) is 90.1 Å². The molecule has 11 N–H and O–H groups in total. The first-order valence-electron chi connectivity index (χ1n) is 23.9. The summed E-state index contributed by atoms with van der Waals surface area (Å²) < 4.78 is 0. The second kappa shape index (κ2) is 24.9. The van der Waals surface area contributed by atoms with Gasteiger partial charge in [-0.2, -0.15) is 12.6 Å². The van der Waals surface area contributed by atoms with Crippen LogP contribution < -0.4 is 32.3 Å². The molecule has 71 heavy (non-hydrogen) atoms. The Morgan fingerprint density at radius 2 is 1.28 bits per heavy atom. The van der Waals surface area contributed by atoms with Gasteiger partial charge in [0.1, 0.15) is 48.3 Å². The molecule has 2 aromatic heterocycles. The van der Waals surface area contributed by atoms with Crippen molar-refractivity contribution < 1.29 is 48.6 Å². The summed E-state index contributed by atoms with van der Waals surface area (Å²) in [6, 6.07) is 6.64. The van der Waals surface area contributed by atoms with Crippen LogP contribution >= 0.6 is 12.6 Å². The number of nitrogens with two attached hydrogens (primary N) is 1. The maximum absolute atomic E-state index is 14.8. The Kier molecular flexibility index (Phi) is 18.8. The third-order valence-corrected chi connectivity index (χ3v) is 13.2. The monoisotopic (exact) mass is 999 g/mol. The number of aliphatic hydroxyl groups is 1. The van der Waals surface area contributed by atoms with Crippen molar-refractivity contribution in [2.45, 2.75) is 127 Å². The SMILES string of the molecule is CC(C)C[C@H](NC(=O)[C@@H](N)[C@@H](C)O)C(=O)N1CCC[C@H]1C(=O)N[C@@H](Cc1cnc[nH]1)C(=O)N1CCC[C@H]1C(=O)N[C@@H](Cc1c[nH]c2ccccc12)C(=O)N[C@@H](Cc1ccccc1)C(=O)N[C@@H](CS)C(=O)O. The molecule has 2 aliphatic heterocycles. The molecular weight excluding hydrogens is 935 g/mol.